The predicted molar refractivity (Wildman–Crippen MR) is 98.9 cm³/mol. The highest BCUT2D eigenvalue weighted by Gasteiger charge is 2.14. The van der Waals surface area contributed by atoms with E-state index >= 15 is 0 Å². The van der Waals surface area contributed by atoms with Gasteiger partial charge >= 0.3 is 0 Å². The molecule has 0 aromatic carbocycles. The molecule has 4 aromatic heterocycles. The molecule has 0 radical (unpaired) electrons. The van der Waals surface area contributed by atoms with Crippen LogP contribution >= 0.6 is 0 Å². The lowest BCUT2D eigenvalue weighted by molar-refractivity contribution is 0.0940. The van der Waals surface area contributed by atoms with Crippen molar-refractivity contribution in [3.8, 4) is 11.3 Å². The molecule has 8 heteroatoms. The molecule has 0 bridgehead atoms. The number of fused-ring (bicyclic) bond motifs is 1. The minimum atomic E-state index is -0.347. The molecule has 0 aliphatic carbocycles. The molecule has 4 heterocycles. The van der Waals surface area contributed by atoms with Gasteiger partial charge in [0.1, 0.15) is 0 Å². The SMILES string of the molecule is Cc1cc(C)n2nc(C(=O)NCc3ccnc(-c4ccncc4)c3)nc2n1. The highest BCUT2D eigenvalue weighted by Crippen LogP contribution is 2.16. The first-order valence-electron chi connectivity index (χ1n) is 8.45. The third kappa shape index (κ3) is 3.50. The molecule has 0 aliphatic rings. The Morgan fingerprint density at radius 2 is 1.89 bits per heavy atom. The summed E-state index contributed by atoms with van der Waals surface area (Å²) in [6.07, 6.45) is 5.16. The molecule has 1 N–H and O–H groups in total. The number of nitrogens with zero attached hydrogens (tertiary/aromatic N) is 6. The smallest absolute Gasteiger partial charge is 0.291 e. The number of pyridine rings is 2. The van der Waals surface area contributed by atoms with Gasteiger partial charge in [0, 0.05) is 42.1 Å². The molecule has 0 saturated carbocycles. The zero-order valence-electron chi connectivity index (χ0n) is 14.9. The summed E-state index contributed by atoms with van der Waals surface area (Å²) >= 11 is 0. The minimum absolute atomic E-state index is 0.0969. The number of hydrogen-bond donors (Lipinski definition) is 1. The van der Waals surface area contributed by atoms with Crippen molar-refractivity contribution in [1.29, 1.82) is 0 Å². The van der Waals surface area contributed by atoms with Gasteiger partial charge in [0.15, 0.2) is 0 Å². The fourth-order valence-corrected chi connectivity index (χ4v) is 2.79. The highest BCUT2D eigenvalue weighted by molar-refractivity contribution is 5.90. The second-order valence-electron chi connectivity index (χ2n) is 6.15. The van der Waals surface area contributed by atoms with E-state index in [2.05, 4.69) is 30.4 Å². The third-order valence-corrected chi connectivity index (χ3v) is 4.07. The molecule has 4 aromatic rings. The molecular weight excluding hydrogens is 342 g/mol. The number of aromatic nitrogens is 6. The largest absolute Gasteiger partial charge is 0.345 e. The van der Waals surface area contributed by atoms with Crippen molar-refractivity contribution in [1.82, 2.24) is 34.9 Å². The van der Waals surface area contributed by atoms with E-state index in [4.69, 9.17) is 0 Å². The Morgan fingerprint density at radius 1 is 1.07 bits per heavy atom. The zero-order valence-corrected chi connectivity index (χ0v) is 14.9. The first-order chi connectivity index (χ1) is 13.1. The van der Waals surface area contributed by atoms with Crippen LogP contribution < -0.4 is 5.32 Å². The molecule has 0 atom stereocenters. The topological polar surface area (TPSA) is 98.0 Å². The molecule has 0 saturated heterocycles. The molecule has 27 heavy (non-hydrogen) atoms. The van der Waals surface area contributed by atoms with Gasteiger partial charge in [0.25, 0.3) is 11.7 Å². The van der Waals surface area contributed by atoms with E-state index in [1.807, 2.05) is 44.2 Å². The Morgan fingerprint density at radius 3 is 2.70 bits per heavy atom. The van der Waals surface area contributed by atoms with E-state index in [1.54, 1.807) is 23.1 Å². The Labute approximate surface area is 155 Å². The molecule has 134 valence electrons. The van der Waals surface area contributed by atoms with E-state index < -0.39 is 0 Å². The summed E-state index contributed by atoms with van der Waals surface area (Å²) in [6.45, 7) is 4.13. The van der Waals surface area contributed by atoms with Crippen molar-refractivity contribution >= 4 is 11.7 Å². The van der Waals surface area contributed by atoms with Gasteiger partial charge in [-0.25, -0.2) is 9.50 Å². The van der Waals surface area contributed by atoms with Crippen LogP contribution in [0.15, 0.2) is 48.9 Å². The Kier molecular flexibility index (Phi) is 4.29. The highest BCUT2D eigenvalue weighted by atomic mass is 16.2. The van der Waals surface area contributed by atoms with Gasteiger partial charge < -0.3 is 5.32 Å². The first kappa shape index (κ1) is 16.8. The summed E-state index contributed by atoms with van der Waals surface area (Å²) in [7, 11) is 0. The van der Waals surface area contributed by atoms with Gasteiger partial charge in [0.05, 0.1) is 5.69 Å². The molecule has 0 fully saturated rings. The third-order valence-electron chi connectivity index (χ3n) is 4.07. The average molecular weight is 359 g/mol. The van der Waals surface area contributed by atoms with Crippen LogP contribution in [0.4, 0.5) is 0 Å². The number of carbonyl (C=O) groups is 1. The van der Waals surface area contributed by atoms with Gasteiger partial charge in [0.2, 0.25) is 5.82 Å². The molecule has 0 spiro atoms. The van der Waals surface area contributed by atoms with E-state index in [-0.39, 0.29) is 11.7 Å². The lowest BCUT2D eigenvalue weighted by Gasteiger charge is -2.05. The zero-order chi connectivity index (χ0) is 18.8. The Balaban J connectivity index is 1.51. The van der Waals surface area contributed by atoms with Crippen molar-refractivity contribution in [2.24, 2.45) is 0 Å². The standard InChI is InChI=1S/C19H17N7O/c1-12-9-13(2)26-19(23-12)24-17(25-26)18(27)22-11-14-3-8-21-16(10-14)15-4-6-20-7-5-15/h3-10H,11H2,1-2H3,(H,22,27). The van der Waals surface area contributed by atoms with Crippen molar-refractivity contribution in [2.45, 2.75) is 20.4 Å². The first-order valence-corrected chi connectivity index (χ1v) is 8.45. The van der Waals surface area contributed by atoms with E-state index in [0.717, 1.165) is 28.2 Å². The van der Waals surface area contributed by atoms with Gasteiger partial charge in [-0.3, -0.25) is 14.8 Å². The van der Waals surface area contributed by atoms with Crippen LogP contribution in [-0.2, 0) is 6.54 Å². The number of aryl methyl sites for hydroxylation is 2. The normalized spacial score (nSPS) is 10.9. The van der Waals surface area contributed by atoms with Crippen LogP contribution in [0.5, 0.6) is 0 Å². The maximum absolute atomic E-state index is 12.4. The second-order valence-corrected chi connectivity index (χ2v) is 6.15. The molecule has 0 aliphatic heterocycles. The number of amides is 1. The minimum Gasteiger partial charge on any atom is -0.345 e. The van der Waals surface area contributed by atoms with Crippen molar-refractivity contribution in [3.63, 3.8) is 0 Å². The van der Waals surface area contributed by atoms with Gasteiger partial charge in [-0.2, -0.15) is 4.98 Å². The van der Waals surface area contributed by atoms with Crippen LogP contribution in [0.25, 0.3) is 17.0 Å². The van der Waals surface area contributed by atoms with Crippen LogP contribution in [0.1, 0.15) is 27.6 Å². The lowest BCUT2D eigenvalue weighted by Crippen LogP contribution is -2.24. The average Bonchev–Trinajstić information content (AvgIpc) is 3.11. The summed E-state index contributed by atoms with van der Waals surface area (Å²) in [4.78, 5) is 29.3. The van der Waals surface area contributed by atoms with Crippen LogP contribution in [0, 0.1) is 13.8 Å². The number of rotatable bonds is 4. The second kappa shape index (κ2) is 6.91. The van der Waals surface area contributed by atoms with E-state index in [9.17, 15) is 4.79 Å². The molecule has 8 nitrogen and oxygen atoms in total. The monoisotopic (exact) mass is 359 g/mol. The lowest BCUT2D eigenvalue weighted by atomic mass is 10.1. The van der Waals surface area contributed by atoms with Crippen molar-refractivity contribution in [3.05, 3.63) is 71.7 Å². The van der Waals surface area contributed by atoms with Crippen LogP contribution in [0.2, 0.25) is 0 Å². The summed E-state index contributed by atoms with van der Waals surface area (Å²) in [5.41, 5.74) is 4.43. The fourth-order valence-electron chi connectivity index (χ4n) is 2.79. The summed E-state index contributed by atoms with van der Waals surface area (Å²) < 4.78 is 1.57. The quantitative estimate of drug-likeness (QED) is 0.599. The number of nitrogens with one attached hydrogen (secondary N) is 1. The van der Waals surface area contributed by atoms with Gasteiger partial charge in [-0.15, -0.1) is 5.10 Å². The molecule has 0 unspecified atom stereocenters. The van der Waals surface area contributed by atoms with E-state index in [0.29, 0.717) is 12.3 Å². The molecule has 4 rings (SSSR count). The number of carbonyl (C=O) groups excluding carboxylic acids is 1. The van der Waals surface area contributed by atoms with Crippen molar-refractivity contribution < 1.29 is 4.79 Å². The predicted octanol–water partition coefficient (Wildman–Crippen LogP) is 2.13. The summed E-state index contributed by atoms with van der Waals surface area (Å²) in [5, 5.41) is 7.09. The Hall–Kier alpha value is -3.68. The summed E-state index contributed by atoms with van der Waals surface area (Å²) in [5.74, 6) is 0.168. The Bertz CT molecular complexity index is 1120. The number of hydrogen-bond acceptors (Lipinski definition) is 6. The maximum atomic E-state index is 12.4. The fraction of sp³-hybridized carbons (Fsp3) is 0.158. The van der Waals surface area contributed by atoms with E-state index in [1.165, 1.54) is 0 Å². The van der Waals surface area contributed by atoms with Crippen LogP contribution in [0.3, 0.4) is 0 Å². The van der Waals surface area contributed by atoms with Gasteiger partial charge in [-0.1, -0.05) is 0 Å². The summed E-state index contributed by atoms with van der Waals surface area (Å²) in [6, 6.07) is 9.46. The maximum Gasteiger partial charge on any atom is 0.291 e. The van der Waals surface area contributed by atoms with Crippen LogP contribution in [-0.4, -0.2) is 35.5 Å². The van der Waals surface area contributed by atoms with Gasteiger partial charge in [-0.05, 0) is 49.7 Å². The molecule has 1 amide bonds. The van der Waals surface area contributed by atoms with Crippen molar-refractivity contribution in [2.75, 3.05) is 0 Å². The molecular formula is C19H17N7O.